The van der Waals surface area contributed by atoms with Crippen LogP contribution in [0.3, 0.4) is 0 Å². The molecule has 0 unspecified atom stereocenters. The lowest BCUT2D eigenvalue weighted by atomic mass is 9.44. The van der Waals surface area contributed by atoms with Crippen molar-refractivity contribution in [2.45, 2.75) is 109 Å². The molecule has 2 nitrogen and oxygen atoms in total. The Hall–Kier alpha value is 1.38. The third-order valence-electron chi connectivity index (χ3n) is 13.4. The van der Waals surface area contributed by atoms with Crippen molar-refractivity contribution >= 4 is 0 Å². The third-order valence-corrected chi connectivity index (χ3v) is 13.4. The maximum Gasteiger partial charge on any atom is 0.0945 e. The minimum atomic E-state index is 0. The van der Waals surface area contributed by atoms with Crippen LogP contribution in [-0.4, -0.2) is 61.3 Å². The van der Waals surface area contributed by atoms with Gasteiger partial charge in [0, 0.05) is 43.9 Å². The van der Waals surface area contributed by atoms with Crippen LogP contribution in [0, 0.1) is 34.5 Å². The van der Waals surface area contributed by atoms with E-state index < -0.39 is 0 Å². The highest BCUT2D eigenvalue weighted by Crippen LogP contribution is 2.67. The molecule has 0 aromatic rings. The average Bonchev–Trinajstić information content (AvgIpc) is 3.46. The molecule has 0 radical (unpaired) electrons. The van der Waals surface area contributed by atoms with Crippen LogP contribution < -0.4 is 48.0 Å². The normalized spacial score (nSPS) is 49.8. The molecule has 192 valence electrons. The molecule has 6 aliphatic rings. The van der Waals surface area contributed by atoms with E-state index in [1.54, 1.807) is 51.4 Å². The van der Waals surface area contributed by atoms with Gasteiger partial charge in [0.05, 0.1) is 52.4 Å². The van der Waals surface area contributed by atoms with Gasteiger partial charge < -0.3 is 56.9 Å². The fraction of sp³-hybridized carbons (Fsp3) is 1.00. The second kappa shape index (κ2) is 9.60. The molecule has 0 spiro atoms. The fourth-order valence-corrected chi connectivity index (χ4v) is 11.6. The van der Waals surface area contributed by atoms with Crippen molar-refractivity contribution in [3.63, 3.8) is 0 Å². The van der Waals surface area contributed by atoms with Crippen molar-refractivity contribution in [2.75, 3.05) is 40.3 Å². The van der Waals surface area contributed by atoms with Gasteiger partial charge in [-0.2, -0.15) is 0 Å². The van der Waals surface area contributed by atoms with Crippen LogP contribution in [0.4, 0.5) is 0 Å². The van der Waals surface area contributed by atoms with E-state index in [1.165, 1.54) is 67.2 Å². The molecular formula is C29H52I2N2. The number of halogens is 2. The molecule has 4 heteroatoms. The molecule has 8 atom stereocenters. The highest BCUT2D eigenvalue weighted by atomic mass is 127. The second-order valence-electron chi connectivity index (χ2n) is 14.5. The van der Waals surface area contributed by atoms with Gasteiger partial charge in [0.25, 0.3) is 0 Å². The molecule has 0 aromatic heterocycles. The molecule has 33 heavy (non-hydrogen) atoms. The Kier molecular flexibility index (Phi) is 7.98. The Morgan fingerprint density at radius 1 is 0.606 bits per heavy atom. The quantitative estimate of drug-likeness (QED) is 0.290. The molecule has 0 amide bonds. The van der Waals surface area contributed by atoms with E-state index in [0.29, 0.717) is 10.8 Å². The number of rotatable bonds is 2. The SMILES string of the molecule is C[C@]12CC[C@H]([N+]3(C)CCCC3)C[C@@H]1CC[C@@H]1[C@@H]2CC[C@@]2(C)[C@H]1CC[C@@H]2[N+]1(C)CCCC1.[I-].[I-]. The van der Waals surface area contributed by atoms with Gasteiger partial charge in [0.2, 0.25) is 0 Å². The molecule has 2 heterocycles. The Morgan fingerprint density at radius 3 is 1.85 bits per heavy atom. The predicted molar refractivity (Wildman–Crippen MR) is 130 cm³/mol. The number of likely N-dealkylation sites (tertiary alicyclic amines) is 2. The van der Waals surface area contributed by atoms with Crippen molar-refractivity contribution < 1.29 is 56.9 Å². The van der Waals surface area contributed by atoms with Crippen LogP contribution in [0.5, 0.6) is 0 Å². The second-order valence-corrected chi connectivity index (χ2v) is 14.5. The molecule has 2 saturated heterocycles. The molecule has 4 aliphatic carbocycles. The Morgan fingerprint density at radius 2 is 1.18 bits per heavy atom. The van der Waals surface area contributed by atoms with Crippen LogP contribution in [0.25, 0.3) is 0 Å². The molecule has 6 rings (SSSR count). The zero-order valence-corrected chi connectivity index (χ0v) is 26.5. The summed E-state index contributed by atoms with van der Waals surface area (Å²) in [6.45, 7) is 11.5. The Bertz CT molecular complexity index is 700. The Balaban J connectivity index is 0.00000130. The summed E-state index contributed by atoms with van der Waals surface area (Å²) < 4.78 is 2.86. The van der Waals surface area contributed by atoms with Gasteiger partial charge in [0.15, 0.2) is 0 Å². The van der Waals surface area contributed by atoms with Crippen LogP contribution in [0.2, 0.25) is 0 Å². The van der Waals surface area contributed by atoms with Gasteiger partial charge in [-0.15, -0.1) is 0 Å². The summed E-state index contributed by atoms with van der Waals surface area (Å²) in [7, 11) is 5.25. The van der Waals surface area contributed by atoms with Crippen LogP contribution in [0.1, 0.15) is 97.3 Å². The maximum atomic E-state index is 2.79. The zero-order chi connectivity index (χ0) is 21.5. The number of quaternary nitrogens is 2. The first kappa shape index (κ1) is 27.4. The smallest absolute Gasteiger partial charge is 0.0945 e. The van der Waals surface area contributed by atoms with E-state index in [4.69, 9.17) is 0 Å². The third kappa shape index (κ3) is 4.11. The van der Waals surface area contributed by atoms with Crippen LogP contribution >= 0.6 is 0 Å². The molecule has 4 saturated carbocycles. The largest absolute Gasteiger partial charge is 1.00 e. The molecule has 6 fully saturated rings. The van der Waals surface area contributed by atoms with Gasteiger partial charge in [0.1, 0.15) is 0 Å². The van der Waals surface area contributed by atoms with E-state index in [0.717, 1.165) is 35.8 Å². The van der Waals surface area contributed by atoms with Crippen molar-refractivity contribution in [2.24, 2.45) is 34.5 Å². The van der Waals surface area contributed by atoms with E-state index in [-0.39, 0.29) is 48.0 Å². The number of fused-ring (bicyclic) bond motifs is 5. The van der Waals surface area contributed by atoms with Gasteiger partial charge in [-0.05, 0) is 74.0 Å². The molecule has 0 N–H and O–H groups in total. The highest BCUT2D eigenvalue weighted by molar-refractivity contribution is 5.10. The van der Waals surface area contributed by atoms with Crippen molar-refractivity contribution in [3.8, 4) is 0 Å². The molecule has 0 bridgehead atoms. The van der Waals surface area contributed by atoms with E-state index in [2.05, 4.69) is 27.9 Å². The first-order valence-electron chi connectivity index (χ1n) is 14.5. The summed E-state index contributed by atoms with van der Waals surface area (Å²) in [6.07, 6.45) is 20.0. The van der Waals surface area contributed by atoms with Crippen molar-refractivity contribution in [1.29, 1.82) is 0 Å². The van der Waals surface area contributed by atoms with Crippen molar-refractivity contribution in [1.82, 2.24) is 0 Å². The topological polar surface area (TPSA) is 0 Å². The van der Waals surface area contributed by atoms with Crippen LogP contribution in [0.15, 0.2) is 0 Å². The first-order valence-corrected chi connectivity index (χ1v) is 14.5. The summed E-state index contributed by atoms with van der Waals surface area (Å²) in [5, 5.41) is 0. The molecule has 0 aromatic carbocycles. The van der Waals surface area contributed by atoms with Gasteiger partial charge >= 0.3 is 0 Å². The zero-order valence-electron chi connectivity index (χ0n) is 22.1. The minimum Gasteiger partial charge on any atom is -1.00 e. The Labute approximate surface area is 239 Å². The van der Waals surface area contributed by atoms with E-state index >= 15 is 0 Å². The fourth-order valence-electron chi connectivity index (χ4n) is 11.6. The van der Waals surface area contributed by atoms with Crippen LogP contribution in [-0.2, 0) is 0 Å². The predicted octanol–water partition coefficient (Wildman–Crippen LogP) is 0.255. The lowest BCUT2D eigenvalue weighted by molar-refractivity contribution is -0.928. The van der Waals surface area contributed by atoms with Crippen molar-refractivity contribution in [3.05, 3.63) is 0 Å². The lowest BCUT2D eigenvalue weighted by Crippen LogP contribution is -3.00. The summed E-state index contributed by atoms with van der Waals surface area (Å²) in [6, 6.07) is 1.96. The number of hydrogen-bond acceptors (Lipinski definition) is 0. The van der Waals surface area contributed by atoms with E-state index in [9.17, 15) is 0 Å². The van der Waals surface area contributed by atoms with E-state index in [1.807, 2.05) is 0 Å². The molecular weight excluding hydrogens is 630 g/mol. The minimum absolute atomic E-state index is 0. The highest BCUT2D eigenvalue weighted by Gasteiger charge is 2.64. The van der Waals surface area contributed by atoms with Gasteiger partial charge in [-0.25, -0.2) is 0 Å². The number of nitrogens with zero attached hydrogens (tertiary/aromatic N) is 2. The first-order chi connectivity index (χ1) is 14.8. The summed E-state index contributed by atoms with van der Waals surface area (Å²) in [4.78, 5) is 0. The maximum absolute atomic E-state index is 2.79. The summed E-state index contributed by atoms with van der Waals surface area (Å²) in [5.41, 5.74) is 1.32. The standard InChI is InChI=1S/C29H52N2.2HI/c1-28-15-13-23(30(3)17-5-6-18-30)21-22(28)9-10-24-25-11-12-27(31(4)19-7-8-20-31)29(25,2)16-14-26(24)28;;/h22-27H,5-21H2,1-4H3;2*1H/q+2;;/p-2/t22-,23-,24-,25-,26-,27-,28-,29-;;/m0../s1. The lowest BCUT2D eigenvalue weighted by Gasteiger charge is -2.62. The molecule has 2 aliphatic heterocycles. The van der Waals surface area contributed by atoms with Gasteiger partial charge in [-0.3, -0.25) is 0 Å². The summed E-state index contributed by atoms with van der Waals surface area (Å²) >= 11 is 0. The monoisotopic (exact) mass is 682 g/mol. The summed E-state index contributed by atoms with van der Waals surface area (Å²) in [5.74, 6) is 4.20. The average molecular weight is 683 g/mol. The van der Waals surface area contributed by atoms with Gasteiger partial charge in [-0.1, -0.05) is 13.8 Å². The number of hydrogen-bond donors (Lipinski definition) is 0.